The molecular formula is C21H19Br2F6N5OS. The Hall–Kier alpha value is -2.15. The third-order valence-corrected chi connectivity index (χ3v) is 6.91. The molecule has 1 saturated heterocycles. The zero-order valence-electron chi connectivity index (χ0n) is 18.2. The van der Waals surface area contributed by atoms with E-state index in [0.29, 0.717) is 25.1 Å². The van der Waals surface area contributed by atoms with E-state index in [1.54, 1.807) is 0 Å². The molecule has 2 aromatic rings. The number of alkyl halides is 6. The van der Waals surface area contributed by atoms with E-state index in [2.05, 4.69) is 37.2 Å². The van der Waals surface area contributed by atoms with E-state index in [1.165, 1.54) is 16.8 Å². The van der Waals surface area contributed by atoms with E-state index in [1.807, 2.05) is 29.7 Å². The minimum atomic E-state index is -4.99. The van der Waals surface area contributed by atoms with Gasteiger partial charge < -0.3 is 15.5 Å². The number of rotatable bonds is 4. The summed E-state index contributed by atoms with van der Waals surface area (Å²) in [6.45, 7) is 0.581. The summed E-state index contributed by atoms with van der Waals surface area (Å²) in [5, 5.41) is 18.6. The third-order valence-electron chi connectivity index (χ3n) is 4.87. The fourth-order valence-electron chi connectivity index (χ4n) is 3.16. The van der Waals surface area contributed by atoms with Gasteiger partial charge in [-0.1, -0.05) is 15.9 Å². The number of carbonyl (C=O) groups is 1. The number of halogens is 8. The maximum absolute atomic E-state index is 12.8. The standard InChI is InChI=1S/C15H14F6N4O.C6H5Br2NS/c16-14(17,18)9-4-10(15(19,20)21)6-11(5-9)24-13(26)23-7-12-2-1-3-25(12)8-22;7-4-1-2-5(8)6(3-4)10-9/h4-6,12H,1-3,7H2,(H2,23,24,26);1-3H,9H2/t12-;/m1./s1. The summed E-state index contributed by atoms with van der Waals surface area (Å²) in [4.78, 5) is 14.3. The molecule has 2 aromatic carbocycles. The van der Waals surface area contributed by atoms with Crippen LogP contribution in [0.4, 0.5) is 36.8 Å². The lowest BCUT2D eigenvalue weighted by atomic mass is 10.1. The van der Waals surface area contributed by atoms with E-state index in [-0.39, 0.29) is 18.7 Å². The lowest BCUT2D eigenvalue weighted by Gasteiger charge is -2.19. The molecule has 0 unspecified atom stereocenters. The maximum atomic E-state index is 12.8. The van der Waals surface area contributed by atoms with Crippen molar-refractivity contribution < 1.29 is 31.1 Å². The van der Waals surface area contributed by atoms with Gasteiger partial charge >= 0.3 is 18.4 Å². The molecule has 2 amide bonds. The summed E-state index contributed by atoms with van der Waals surface area (Å²) in [7, 11) is 0. The number of carbonyl (C=O) groups excluding carboxylic acids is 1. The first kappa shape index (κ1) is 30.1. The zero-order valence-corrected chi connectivity index (χ0v) is 22.2. The van der Waals surface area contributed by atoms with Gasteiger partial charge in [0.1, 0.15) is 0 Å². The van der Waals surface area contributed by atoms with Crippen LogP contribution in [0.5, 0.6) is 0 Å². The maximum Gasteiger partial charge on any atom is 0.416 e. The number of hydrogen-bond acceptors (Lipinski definition) is 5. The van der Waals surface area contributed by atoms with Gasteiger partial charge in [0.2, 0.25) is 0 Å². The van der Waals surface area contributed by atoms with Crippen molar-refractivity contribution in [2.75, 3.05) is 18.4 Å². The largest absolute Gasteiger partial charge is 0.416 e. The van der Waals surface area contributed by atoms with Gasteiger partial charge in [0, 0.05) is 32.6 Å². The van der Waals surface area contributed by atoms with Gasteiger partial charge in [-0.3, -0.25) is 5.14 Å². The molecule has 0 aromatic heterocycles. The highest BCUT2D eigenvalue weighted by Gasteiger charge is 2.37. The molecule has 196 valence electrons. The molecule has 15 heteroatoms. The van der Waals surface area contributed by atoms with Crippen molar-refractivity contribution in [3.05, 3.63) is 56.5 Å². The first-order valence-corrected chi connectivity index (χ1v) is 12.5. The molecule has 0 radical (unpaired) electrons. The van der Waals surface area contributed by atoms with Crippen LogP contribution >= 0.6 is 43.8 Å². The van der Waals surface area contributed by atoms with Gasteiger partial charge in [0.25, 0.3) is 0 Å². The van der Waals surface area contributed by atoms with E-state index in [0.717, 1.165) is 20.3 Å². The molecule has 6 nitrogen and oxygen atoms in total. The van der Waals surface area contributed by atoms with Gasteiger partial charge in [0.05, 0.1) is 17.2 Å². The summed E-state index contributed by atoms with van der Waals surface area (Å²) < 4.78 is 78.7. The Kier molecular flexibility index (Phi) is 10.8. The summed E-state index contributed by atoms with van der Waals surface area (Å²) in [5.41, 5.74) is -3.67. The van der Waals surface area contributed by atoms with Crippen LogP contribution in [-0.4, -0.2) is 30.1 Å². The van der Waals surface area contributed by atoms with E-state index >= 15 is 0 Å². The number of nitrogens with one attached hydrogen (secondary N) is 2. The highest BCUT2D eigenvalue weighted by Crippen LogP contribution is 2.37. The van der Waals surface area contributed by atoms with Crippen molar-refractivity contribution in [3.8, 4) is 6.19 Å². The Morgan fingerprint density at radius 1 is 1.11 bits per heavy atom. The second-order valence-electron chi connectivity index (χ2n) is 7.41. The molecule has 4 N–H and O–H groups in total. The van der Waals surface area contributed by atoms with Crippen LogP contribution in [0.15, 0.2) is 50.2 Å². The van der Waals surface area contributed by atoms with Gasteiger partial charge in [-0.05, 0) is 77.1 Å². The third kappa shape index (κ3) is 9.06. The number of anilines is 1. The van der Waals surface area contributed by atoms with Crippen LogP contribution < -0.4 is 15.8 Å². The second kappa shape index (κ2) is 12.9. The van der Waals surface area contributed by atoms with Crippen LogP contribution in [0.25, 0.3) is 0 Å². The average molecular weight is 663 g/mol. The van der Waals surface area contributed by atoms with E-state index in [4.69, 9.17) is 10.4 Å². The minimum Gasteiger partial charge on any atom is -0.336 e. The van der Waals surface area contributed by atoms with Crippen molar-refractivity contribution in [2.45, 2.75) is 36.1 Å². The molecule has 0 aliphatic carbocycles. The lowest BCUT2D eigenvalue weighted by Crippen LogP contribution is -2.39. The molecule has 1 heterocycles. The fourth-order valence-corrected chi connectivity index (χ4v) is 4.58. The Bertz CT molecular complexity index is 1080. The van der Waals surface area contributed by atoms with Crippen LogP contribution in [-0.2, 0) is 12.4 Å². The van der Waals surface area contributed by atoms with Crippen molar-refractivity contribution in [2.24, 2.45) is 5.14 Å². The number of amides is 2. The number of urea groups is 1. The normalized spacial score (nSPS) is 15.6. The number of nitriles is 1. The first-order chi connectivity index (χ1) is 16.7. The summed E-state index contributed by atoms with van der Waals surface area (Å²) in [6.07, 6.45) is -6.64. The van der Waals surface area contributed by atoms with Gasteiger partial charge in [-0.25, -0.2) is 4.79 Å². The molecule has 36 heavy (non-hydrogen) atoms. The van der Waals surface area contributed by atoms with Crippen LogP contribution in [0.2, 0.25) is 0 Å². The van der Waals surface area contributed by atoms with E-state index < -0.39 is 35.2 Å². The van der Waals surface area contributed by atoms with Gasteiger partial charge in [0.15, 0.2) is 6.19 Å². The van der Waals surface area contributed by atoms with E-state index in [9.17, 15) is 31.1 Å². The van der Waals surface area contributed by atoms with Crippen LogP contribution in [0.3, 0.4) is 0 Å². The number of likely N-dealkylation sites (tertiary alicyclic amines) is 1. The Morgan fingerprint density at radius 2 is 1.72 bits per heavy atom. The quantitative estimate of drug-likeness (QED) is 0.187. The predicted molar refractivity (Wildman–Crippen MR) is 131 cm³/mol. The fraction of sp³-hybridized carbons (Fsp3) is 0.333. The highest BCUT2D eigenvalue weighted by atomic mass is 79.9. The van der Waals surface area contributed by atoms with Crippen molar-refractivity contribution >= 4 is 55.5 Å². The molecule has 3 rings (SSSR count). The summed E-state index contributed by atoms with van der Waals surface area (Å²) in [6, 6.07) is 5.50. The molecule has 0 spiro atoms. The predicted octanol–water partition coefficient (Wildman–Crippen LogP) is 6.97. The number of benzene rings is 2. The molecule has 1 atom stereocenters. The topological polar surface area (TPSA) is 94.2 Å². The number of hydrogen-bond donors (Lipinski definition) is 3. The summed E-state index contributed by atoms with van der Waals surface area (Å²) in [5.74, 6) is 0. The lowest BCUT2D eigenvalue weighted by molar-refractivity contribution is -0.143. The van der Waals surface area contributed by atoms with Crippen LogP contribution in [0, 0.1) is 11.5 Å². The smallest absolute Gasteiger partial charge is 0.336 e. The summed E-state index contributed by atoms with van der Waals surface area (Å²) >= 11 is 7.95. The monoisotopic (exact) mass is 661 g/mol. The number of nitrogens with two attached hydrogens (primary N) is 1. The van der Waals surface area contributed by atoms with Crippen molar-refractivity contribution in [1.29, 1.82) is 5.26 Å². The molecule has 1 fully saturated rings. The molecule has 0 saturated carbocycles. The zero-order chi connectivity index (χ0) is 27.1. The molecule has 0 bridgehead atoms. The van der Waals surface area contributed by atoms with Gasteiger partial charge in [-0.15, -0.1) is 0 Å². The average Bonchev–Trinajstić information content (AvgIpc) is 3.26. The first-order valence-electron chi connectivity index (χ1n) is 10.1. The Balaban J connectivity index is 0.000000380. The SMILES string of the molecule is N#CN1CCC[C@@H]1CNC(=O)Nc1cc(C(F)(F)F)cc(C(F)(F)F)c1.NSc1cc(Br)ccc1Br. The molecular weight excluding hydrogens is 644 g/mol. The van der Waals surface area contributed by atoms with Crippen LogP contribution in [0.1, 0.15) is 24.0 Å². The minimum absolute atomic E-state index is 0.0214. The molecule has 1 aliphatic heterocycles. The Morgan fingerprint density at radius 3 is 2.22 bits per heavy atom. The van der Waals surface area contributed by atoms with Gasteiger partial charge in [-0.2, -0.15) is 31.6 Å². The van der Waals surface area contributed by atoms with Crippen molar-refractivity contribution in [3.63, 3.8) is 0 Å². The highest BCUT2D eigenvalue weighted by molar-refractivity contribution is 9.11. The molecule has 1 aliphatic rings. The number of nitrogens with zero attached hydrogens (tertiary/aromatic N) is 2. The van der Waals surface area contributed by atoms with Crippen molar-refractivity contribution in [1.82, 2.24) is 10.2 Å². The second-order valence-corrected chi connectivity index (χ2v) is 9.86. The Labute approximate surface area is 224 Å².